The molecular formula is C46H50Cl2F2N8O4. The number of carbonyl (C=O) groups is 4. The van der Waals surface area contributed by atoms with Gasteiger partial charge in [-0.2, -0.15) is 0 Å². The molecule has 4 aromatic rings. The maximum absolute atomic E-state index is 13.1. The van der Waals surface area contributed by atoms with E-state index >= 15 is 0 Å². The van der Waals surface area contributed by atoms with Crippen molar-refractivity contribution in [1.29, 1.82) is 0 Å². The predicted octanol–water partition coefficient (Wildman–Crippen LogP) is 7.59. The van der Waals surface area contributed by atoms with Crippen molar-refractivity contribution < 1.29 is 28.0 Å². The minimum absolute atomic E-state index is 0.000539. The highest BCUT2D eigenvalue weighted by Gasteiger charge is 2.29. The first kappa shape index (κ1) is 45.7. The number of amides is 6. The molecule has 3 aliphatic rings. The van der Waals surface area contributed by atoms with Crippen LogP contribution in [0.15, 0.2) is 97.1 Å². The summed E-state index contributed by atoms with van der Waals surface area (Å²) in [5.41, 5.74) is 10.3. The number of benzene rings is 4. The number of carbonyl (C=O) groups excluding carboxylic acids is 4. The predicted molar refractivity (Wildman–Crippen MR) is 240 cm³/mol. The second-order valence-corrected chi connectivity index (χ2v) is 16.3. The number of nitrogens with zero attached hydrogens (tertiary/aromatic N) is 5. The van der Waals surface area contributed by atoms with Crippen molar-refractivity contribution in [3.05, 3.63) is 141 Å². The number of nitrogens with one attached hydrogen (secondary N) is 2. The van der Waals surface area contributed by atoms with Crippen LogP contribution in [-0.4, -0.2) is 113 Å². The SMILES string of the molecule is C[C@@H]1CN(Cc2ccc(F)cc2)CCN1C(=O)/C=C/c1ccc(Cl)cc1N.C[C@@H]1CN(Cc2ccc(F)cc2)CCN1C(=O)/C=C/c1ccc(Cl)cc1NC(=O)N1CCNC1=O. The van der Waals surface area contributed by atoms with E-state index in [9.17, 15) is 28.0 Å². The summed E-state index contributed by atoms with van der Waals surface area (Å²) in [7, 11) is 0. The van der Waals surface area contributed by atoms with Gasteiger partial charge in [0.05, 0.1) is 5.69 Å². The van der Waals surface area contributed by atoms with E-state index in [0.717, 1.165) is 41.2 Å². The molecule has 0 aromatic heterocycles. The highest BCUT2D eigenvalue weighted by Crippen LogP contribution is 2.24. The minimum atomic E-state index is -0.561. The summed E-state index contributed by atoms with van der Waals surface area (Å²) in [6.07, 6.45) is 6.40. The Kier molecular flexibility index (Phi) is 15.7. The van der Waals surface area contributed by atoms with Gasteiger partial charge in [0.15, 0.2) is 0 Å². The first-order chi connectivity index (χ1) is 29.7. The zero-order valence-corrected chi connectivity index (χ0v) is 36.1. The molecule has 0 bridgehead atoms. The Morgan fingerprint density at radius 1 is 0.710 bits per heavy atom. The number of hydrogen-bond donors (Lipinski definition) is 3. The summed E-state index contributed by atoms with van der Waals surface area (Å²) in [5, 5.41) is 6.27. The molecule has 62 heavy (non-hydrogen) atoms. The smallest absolute Gasteiger partial charge is 0.330 e. The average Bonchev–Trinajstić information content (AvgIpc) is 3.68. The molecule has 0 saturated carbocycles. The van der Waals surface area contributed by atoms with E-state index in [4.69, 9.17) is 28.9 Å². The molecule has 3 saturated heterocycles. The lowest BCUT2D eigenvalue weighted by Gasteiger charge is -2.39. The van der Waals surface area contributed by atoms with Crippen molar-refractivity contribution in [2.24, 2.45) is 0 Å². The van der Waals surface area contributed by atoms with Crippen LogP contribution in [0, 0.1) is 11.6 Å². The Labute approximate surface area is 370 Å². The number of nitrogens with two attached hydrogens (primary N) is 1. The van der Waals surface area contributed by atoms with Gasteiger partial charge in [0.25, 0.3) is 0 Å². The largest absolute Gasteiger partial charge is 0.398 e. The van der Waals surface area contributed by atoms with Crippen molar-refractivity contribution >= 4 is 70.6 Å². The van der Waals surface area contributed by atoms with E-state index in [0.29, 0.717) is 66.3 Å². The van der Waals surface area contributed by atoms with E-state index in [1.165, 1.54) is 30.3 Å². The van der Waals surface area contributed by atoms with Crippen LogP contribution >= 0.6 is 23.2 Å². The van der Waals surface area contributed by atoms with E-state index in [1.54, 1.807) is 83.8 Å². The van der Waals surface area contributed by atoms with Gasteiger partial charge in [-0.05, 0) is 96.8 Å². The summed E-state index contributed by atoms with van der Waals surface area (Å²) >= 11 is 12.0. The Bertz CT molecular complexity index is 2300. The Hall–Kier alpha value is -5.80. The lowest BCUT2D eigenvalue weighted by Crippen LogP contribution is -2.53. The van der Waals surface area contributed by atoms with Gasteiger partial charge in [-0.1, -0.05) is 59.6 Å². The lowest BCUT2D eigenvalue weighted by molar-refractivity contribution is -0.131. The van der Waals surface area contributed by atoms with Crippen molar-refractivity contribution in [3.8, 4) is 0 Å². The molecule has 4 aromatic carbocycles. The zero-order chi connectivity index (χ0) is 44.3. The summed E-state index contributed by atoms with van der Waals surface area (Å²) in [6, 6.07) is 22.3. The molecular weight excluding hydrogens is 837 g/mol. The molecule has 326 valence electrons. The van der Waals surface area contributed by atoms with Crippen molar-refractivity contribution in [1.82, 2.24) is 29.8 Å². The van der Waals surface area contributed by atoms with E-state index in [2.05, 4.69) is 20.4 Å². The third-order valence-corrected chi connectivity index (χ3v) is 11.3. The number of imide groups is 1. The van der Waals surface area contributed by atoms with Crippen molar-refractivity contribution in [2.75, 3.05) is 63.4 Å². The molecule has 3 heterocycles. The number of nitrogen functional groups attached to an aromatic ring is 1. The molecule has 0 spiro atoms. The van der Waals surface area contributed by atoms with Gasteiger partial charge >= 0.3 is 12.1 Å². The molecule has 0 radical (unpaired) electrons. The third kappa shape index (κ3) is 12.6. The van der Waals surface area contributed by atoms with E-state index in [-0.39, 0.29) is 42.1 Å². The number of urea groups is 2. The third-order valence-electron chi connectivity index (χ3n) is 10.8. The maximum Gasteiger partial charge on any atom is 0.330 e. The second-order valence-electron chi connectivity index (χ2n) is 15.5. The number of halogens is 4. The molecule has 3 fully saturated rings. The summed E-state index contributed by atoms with van der Waals surface area (Å²) in [6.45, 7) is 10.4. The molecule has 16 heteroatoms. The van der Waals surface area contributed by atoms with Crippen LogP contribution in [0.4, 0.5) is 29.7 Å². The monoisotopic (exact) mass is 886 g/mol. The molecule has 0 unspecified atom stereocenters. The van der Waals surface area contributed by atoms with E-state index < -0.39 is 12.1 Å². The van der Waals surface area contributed by atoms with Crippen LogP contribution in [0.3, 0.4) is 0 Å². The molecule has 3 aliphatic heterocycles. The fourth-order valence-corrected chi connectivity index (χ4v) is 7.90. The summed E-state index contributed by atoms with van der Waals surface area (Å²) in [5.74, 6) is -0.645. The van der Waals surface area contributed by atoms with Gasteiger partial charge in [0, 0.05) is 105 Å². The Morgan fingerprint density at radius 2 is 1.19 bits per heavy atom. The average molecular weight is 888 g/mol. The maximum atomic E-state index is 13.1. The fraction of sp³-hybridized carbons (Fsp3) is 0.304. The van der Waals surface area contributed by atoms with E-state index in [1.807, 2.05) is 18.7 Å². The van der Waals surface area contributed by atoms with Gasteiger partial charge in [0.1, 0.15) is 11.6 Å². The standard InChI is InChI=1S/C25H27ClFN5O3.C21H23ClFN3O/c1-17-15-30(16-18-2-7-21(27)8-3-18)12-13-31(17)23(33)9-5-19-4-6-20(26)14-22(19)29-25(35)32-11-10-28-24(32)34;1-15-13-25(14-16-2-7-19(23)8-3-16)10-11-26(15)21(27)9-5-17-4-6-18(22)12-20(17)24/h2-9,14,17H,10-13,15-16H2,1H3,(H,28,34)(H,29,35);2-9,12,15H,10-11,13-14,24H2,1H3/b2*9-5+/t17-;15-/m11/s1. The van der Waals surface area contributed by atoms with Crippen LogP contribution in [0.25, 0.3) is 12.2 Å². The van der Waals surface area contributed by atoms with Crippen LogP contribution in [0.5, 0.6) is 0 Å². The van der Waals surface area contributed by atoms with Crippen LogP contribution in [-0.2, 0) is 22.7 Å². The fourth-order valence-electron chi connectivity index (χ4n) is 7.55. The molecule has 12 nitrogen and oxygen atoms in total. The molecule has 4 N–H and O–H groups in total. The molecule has 6 amide bonds. The lowest BCUT2D eigenvalue weighted by atomic mass is 10.1. The van der Waals surface area contributed by atoms with Gasteiger partial charge in [0.2, 0.25) is 11.8 Å². The molecule has 0 aliphatic carbocycles. The van der Waals surface area contributed by atoms with Crippen LogP contribution < -0.4 is 16.4 Å². The second kappa shape index (κ2) is 21.3. The number of piperazine rings is 2. The number of rotatable bonds is 9. The van der Waals surface area contributed by atoms with Gasteiger partial charge in [-0.25, -0.2) is 23.3 Å². The Morgan fingerprint density at radius 3 is 1.66 bits per heavy atom. The number of hydrogen-bond acceptors (Lipinski definition) is 7. The first-order valence-corrected chi connectivity index (χ1v) is 21.1. The Balaban J connectivity index is 0.000000214. The highest BCUT2D eigenvalue weighted by atomic mass is 35.5. The normalized spacial score (nSPS) is 18.5. The van der Waals surface area contributed by atoms with Gasteiger partial charge in [-0.3, -0.25) is 19.4 Å². The zero-order valence-electron chi connectivity index (χ0n) is 34.6. The summed E-state index contributed by atoms with van der Waals surface area (Å²) in [4.78, 5) is 59.0. The van der Waals surface area contributed by atoms with Gasteiger partial charge < -0.3 is 26.2 Å². The van der Waals surface area contributed by atoms with Gasteiger partial charge in [-0.15, -0.1) is 0 Å². The first-order valence-electron chi connectivity index (χ1n) is 20.3. The van der Waals surface area contributed by atoms with Crippen molar-refractivity contribution in [2.45, 2.75) is 39.0 Å². The molecule has 2 atom stereocenters. The van der Waals surface area contributed by atoms with Crippen LogP contribution in [0.1, 0.15) is 36.1 Å². The summed E-state index contributed by atoms with van der Waals surface area (Å²) < 4.78 is 26.2. The topological polar surface area (TPSA) is 135 Å². The number of anilines is 2. The minimum Gasteiger partial charge on any atom is -0.398 e. The van der Waals surface area contributed by atoms with Crippen LogP contribution in [0.2, 0.25) is 10.0 Å². The molecule has 7 rings (SSSR count). The van der Waals surface area contributed by atoms with Crippen molar-refractivity contribution in [3.63, 3.8) is 0 Å². The quantitative estimate of drug-likeness (QED) is 0.117. The highest BCUT2D eigenvalue weighted by molar-refractivity contribution is 6.31.